The van der Waals surface area contributed by atoms with Crippen molar-refractivity contribution in [3.63, 3.8) is 0 Å². The normalized spacial score (nSPS) is 20.5. The molecule has 3 fully saturated rings. The summed E-state index contributed by atoms with van der Waals surface area (Å²) >= 11 is 0. The molecule has 11 nitrogen and oxygen atoms in total. The summed E-state index contributed by atoms with van der Waals surface area (Å²) in [6, 6.07) is 10.8. The van der Waals surface area contributed by atoms with Gasteiger partial charge in [-0.05, 0) is 19.1 Å². The van der Waals surface area contributed by atoms with Crippen LogP contribution < -0.4 is 9.80 Å². The summed E-state index contributed by atoms with van der Waals surface area (Å²) in [7, 11) is 1.93. The van der Waals surface area contributed by atoms with Crippen molar-refractivity contribution in [2.75, 3.05) is 75.5 Å². The van der Waals surface area contributed by atoms with Crippen LogP contribution in [-0.4, -0.2) is 106 Å². The first-order valence-electron chi connectivity index (χ1n) is 14.0. The Bertz CT molecular complexity index is 1480. The lowest BCUT2D eigenvalue weighted by Gasteiger charge is -2.44. The summed E-state index contributed by atoms with van der Waals surface area (Å²) in [6.07, 6.45) is 1.96. The minimum Gasteiger partial charge on any atom is -0.378 e. The first kappa shape index (κ1) is 24.5. The van der Waals surface area contributed by atoms with Gasteiger partial charge in [-0.2, -0.15) is 5.10 Å². The fourth-order valence-corrected chi connectivity index (χ4v) is 5.95. The van der Waals surface area contributed by atoms with Crippen molar-refractivity contribution in [3.8, 4) is 22.6 Å². The van der Waals surface area contributed by atoms with Gasteiger partial charge in [0.2, 0.25) is 5.95 Å². The lowest BCUT2D eigenvalue weighted by molar-refractivity contribution is -0.0119. The zero-order chi connectivity index (χ0) is 26.3. The Morgan fingerprint density at radius 3 is 2.56 bits per heavy atom. The van der Waals surface area contributed by atoms with Crippen LogP contribution in [0, 0.1) is 0 Å². The van der Waals surface area contributed by atoms with Crippen molar-refractivity contribution in [2.45, 2.75) is 19.5 Å². The fraction of sp³-hybridized carbons (Fsp3) is 0.500. The van der Waals surface area contributed by atoms with Gasteiger partial charge in [0.05, 0.1) is 38.2 Å². The predicted octanol–water partition coefficient (Wildman–Crippen LogP) is 2.27. The summed E-state index contributed by atoms with van der Waals surface area (Å²) in [5, 5.41) is 4.59. The first-order chi connectivity index (χ1) is 19.2. The molecule has 0 bridgehead atoms. The van der Waals surface area contributed by atoms with Crippen molar-refractivity contribution < 1.29 is 9.47 Å². The monoisotopic (exact) mass is 529 g/mol. The molecule has 204 valence electrons. The second-order valence-corrected chi connectivity index (χ2v) is 10.5. The molecule has 7 rings (SSSR count). The predicted molar refractivity (Wildman–Crippen MR) is 150 cm³/mol. The van der Waals surface area contributed by atoms with Gasteiger partial charge in [-0.1, -0.05) is 18.2 Å². The van der Waals surface area contributed by atoms with Gasteiger partial charge in [0.25, 0.3) is 0 Å². The highest BCUT2D eigenvalue weighted by Crippen LogP contribution is 2.33. The molecule has 0 N–H and O–H groups in total. The van der Waals surface area contributed by atoms with Gasteiger partial charge in [0.1, 0.15) is 0 Å². The Balaban J connectivity index is 1.34. The Kier molecular flexibility index (Phi) is 6.42. The number of piperazine rings is 1. The topological polar surface area (TPSA) is 89.6 Å². The van der Waals surface area contributed by atoms with Crippen LogP contribution in [0.1, 0.15) is 6.92 Å². The maximum Gasteiger partial charge on any atom is 0.208 e. The van der Waals surface area contributed by atoms with Crippen LogP contribution in [0.4, 0.5) is 11.8 Å². The SMILES string of the molecule is CCn1c(N2CCN3CCOC[C@@H]3C2)nc2c(N3CCOCC3)nc(-c3cccc(-c4ccn(C)n4)c3)nc21. The van der Waals surface area contributed by atoms with Gasteiger partial charge in [-0.25, -0.2) is 15.0 Å². The number of imidazole rings is 1. The van der Waals surface area contributed by atoms with Crippen molar-refractivity contribution in [3.05, 3.63) is 36.5 Å². The molecule has 3 saturated heterocycles. The van der Waals surface area contributed by atoms with E-state index in [1.54, 1.807) is 0 Å². The quantitative estimate of drug-likeness (QED) is 0.386. The van der Waals surface area contributed by atoms with Crippen LogP contribution in [0.25, 0.3) is 33.8 Å². The summed E-state index contributed by atoms with van der Waals surface area (Å²) in [5.74, 6) is 2.56. The zero-order valence-corrected chi connectivity index (χ0v) is 22.7. The van der Waals surface area contributed by atoms with Crippen molar-refractivity contribution >= 4 is 22.9 Å². The van der Waals surface area contributed by atoms with Gasteiger partial charge in [0, 0.05) is 70.2 Å². The van der Waals surface area contributed by atoms with E-state index in [1.165, 1.54) is 0 Å². The number of morpholine rings is 2. The molecule has 0 spiro atoms. The Hall–Kier alpha value is -3.54. The van der Waals surface area contributed by atoms with E-state index < -0.39 is 0 Å². The molecule has 0 amide bonds. The van der Waals surface area contributed by atoms with Gasteiger partial charge in [-0.15, -0.1) is 0 Å². The number of ether oxygens (including phenoxy) is 2. The lowest BCUT2D eigenvalue weighted by Crippen LogP contribution is -2.58. The number of aryl methyl sites for hydroxylation is 2. The highest BCUT2D eigenvalue weighted by atomic mass is 16.5. The third-order valence-corrected chi connectivity index (χ3v) is 8.03. The van der Waals surface area contributed by atoms with E-state index in [2.05, 4.69) is 55.6 Å². The van der Waals surface area contributed by atoms with Crippen molar-refractivity contribution in [1.29, 1.82) is 0 Å². The van der Waals surface area contributed by atoms with Crippen LogP contribution in [0.5, 0.6) is 0 Å². The van der Waals surface area contributed by atoms with Crippen LogP contribution >= 0.6 is 0 Å². The third kappa shape index (κ3) is 4.54. The Labute approximate surface area is 228 Å². The molecule has 39 heavy (non-hydrogen) atoms. The van der Waals surface area contributed by atoms with E-state index in [0.29, 0.717) is 25.1 Å². The fourth-order valence-electron chi connectivity index (χ4n) is 5.95. The van der Waals surface area contributed by atoms with E-state index in [1.807, 2.05) is 24.0 Å². The highest BCUT2D eigenvalue weighted by molar-refractivity contribution is 5.88. The number of nitrogens with zero attached hydrogens (tertiary/aromatic N) is 9. The highest BCUT2D eigenvalue weighted by Gasteiger charge is 2.33. The molecule has 0 radical (unpaired) electrons. The Morgan fingerprint density at radius 2 is 1.74 bits per heavy atom. The van der Waals surface area contributed by atoms with Crippen LogP contribution in [0.3, 0.4) is 0 Å². The summed E-state index contributed by atoms with van der Waals surface area (Å²) in [4.78, 5) is 22.8. The number of benzene rings is 1. The molecular weight excluding hydrogens is 494 g/mol. The zero-order valence-electron chi connectivity index (χ0n) is 22.7. The van der Waals surface area contributed by atoms with Crippen molar-refractivity contribution in [1.82, 2.24) is 34.2 Å². The maximum atomic E-state index is 5.80. The second kappa shape index (κ2) is 10.2. The number of anilines is 2. The minimum atomic E-state index is 0.396. The van der Waals surface area contributed by atoms with E-state index in [4.69, 9.17) is 24.4 Å². The average Bonchev–Trinajstić information content (AvgIpc) is 3.60. The summed E-state index contributed by atoms with van der Waals surface area (Å²) in [5.41, 5.74) is 4.68. The minimum absolute atomic E-state index is 0.396. The van der Waals surface area contributed by atoms with Crippen LogP contribution in [0.2, 0.25) is 0 Å². The Morgan fingerprint density at radius 1 is 0.897 bits per heavy atom. The summed E-state index contributed by atoms with van der Waals surface area (Å²) in [6.45, 7) is 11.4. The van der Waals surface area contributed by atoms with Gasteiger partial charge < -0.3 is 19.3 Å². The van der Waals surface area contributed by atoms with Crippen LogP contribution in [0.15, 0.2) is 36.5 Å². The molecular formula is C28H35N9O2. The smallest absolute Gasteiger partial charge is 0.208 e. The standard InChI is InChI=1S/C28H35N9O2/c1-3-37-27-24(29-28(37)36-10-9-34-11-16-39-19-22(34)18-36)26(35-12-14-38-15-13-35)30-25(31-27)21-6-4-5-20(17-21)23-7-8-33(2)32-23/h4-8,17,22H,3,9-16,18-19H2,1-2H3/t22-/m0/s1. The van der Waals surface area contributed by atoms with Gasteiger partial charge >= 0.3 is 0 Å². The summed E-state index contributed by atoms with van der Waals surface area (Å²) < 4.78 is 15.5. The van der Waals surface area contributed by atoms with E-state index in [-0.39, 0.29) is 0 Å². The molecule has 6 heterocycles. The lowest BCUT2D eigenvalue weighted by atomic mass is 10.1. The molecule has 1 aromatic carbocycles. The third-order valence-electron chi connectivity index (χ3n) is 8.03. The molecule has 0 aliphatic carbocycles. The molecule has 4 aromatic rings. The first-order valence-corrected chi connectivity index (χ1v) is 14.0. The molecule has 3 aliphatic heterocycles. The second-order valence-electron chi connectivity index (χ2n) is 10.5. The maximum absolute atomic E-state index is 5.80. The number of aromatic nitrogens is 6. The van der Waals surface area contributed by atoms with Crippen molar-refractivity contribution in [2.24, 2.45) is 7.05 Å². The molecule has 11 heteroatoms. The largest absolute Gasteiger partial charge is 0.378 e. The van der Waals surface area contributed by atoms with Gasteiger partial charge in [-0.3, -0.25) is 14.1 Å². The number of fused-ring (bicyclic) bond motifs is 2. The molecule has 0 unspecified atom stereocenters. The molecule has 3 aromatic heterocycles. The number of rotatable bonds is 5. The molecule has 1 atom stereocenters. The van der Waals surface area contributed by atoms with E-state index >= 15 is 0 Å². The van der Waals surface area contributed by atoms with Crippen LogP contribution in [-0.2, 0) is 23.1 Å². The van der Waals surface area contributed by atoms with Gasteiger partial charge in [0.15, 0.2) is 22.8 Å². The molecule has 0 saturated carbocycles. The molecule has 3 aliphatic rings. The number of hydrogen-bond acceptors (Lipinski definition) is 9. The average molecular weight is 530 g/mol. The number of hydrogen-bond donors (Lipinski definition) is 0. The van der Waals surface area contributed by atoms with E-state index in [9.17, 15) is 0 Å². The van der Waals surface area contributed by atoms with E-state index in [0.717, 1.165) is 98.8 Å².